The van der Waals surface area contributed by atoms with Crippen molar-refractivity contribution in [3.8, 4) is 0 Å². The van der Waals surface area contributed by atoms with Crippen LogP contribution in [0, 0.1) is 5.41 Å². The average Bonchev–Trinajstić information content (AvgIpc) is 2.29. The molecule has 0 saturated carbocycles. The lowest BCUT2D eigenvalue weighted by molar-refractivity contribution is 0.268. The Morgan fingerprint density at radius 1 is 1.11 bits per heavy atom. The van der Waals surface area contributed by atoms with Crippen LogP contribution in [0.2, 0.25) is 0 Å². The molecule has 0 heterocycles. The maximum atomic E-state index is 3.45. The van der Waals surface area contributed by atoms with Crippen molar-refractivity contribution < 1.29 is 0 Å². The van der Waals surface area contributed by atoms with Gasteiger partial charge in [0.15, 0.2) is 0 Å². The Morgan fingerprint density at radius 3 is 2.22 bits per heavy atom. The molecule has 1 N–H and O–H groups in total. The van der Waals surface area contributed by atoms with Gasteiger partial charge in [-0.2, -0.15) is 0 Å². The highest BCUT2D eigenvalue weighted by Crippen LogP contribution is 2.23. The van der Waals surface area contributed by atoms with E-state index in [0.29, 0.717) is 11.5 Å². The van der Waals surface area contributed by atoms with Gasteiger partial charge in [-0.25, -0.2) is 0 Å². The monoisotopic (exact) mass is 247 g/mol. The number of nitrogens with one attached hydrogen (secondary N) is 1. The number of benzene rings is 1. The Bertz CT molecular complexity index is 349. The zero-order chi connectivity index (χ0) is 13.6. The lowest BCUT2D eigenvalue weighted by Gasteiger charge is -2.30. The molecule has 0 radical (unpaired) electrons. The fourth-order valence-corrected chi connectivity index (χ4v) is 2.55. The first-order valence-electron chi connectivity index (χ1n) is 7.22. The van der Waals surface area contributed by atoms with Crippen LogP contribution in [0.25, 0.3) is 0 Å². The highest BCUT2D eigenvalue weighted by Gasteiger charge is 2.22. The number of hydrogen-bond donors (Lipinski definition) is 1. The molecule has 0 spiro atoms. The van der Waals surface area contributed by atoms with Crippen LogP contribution >= 0.6 is 0 Å². The molecule has 1 aromatic rings. The second kappa shape index (κ2) is 6.94. The smallest absolute Gasteiger partial charge is 0.0116 e. The molecule has 0 aliphatic carbocycles. The maximum Gasteiger partial charge on any atom is 0.0116 e. The molecule has 1 atom stereocenters. The predicted octanol–water partition coefficient (Wildman–Crippen LogP) is 4.21. The number of aryl methyl sites for hydroxylation is 2. The molecule has 0 amide bonds. The van der Waals surface area contributed by atoms with Gasteiger partial charge in [0.2, 0.25) is 0 Å². The minimum absolute atomic E-state index is 0.329. The molecule has 102 valence electrons. The van der Waals surface area contributed by atoms with Gasteiger partial charge in [0, 0.05) is 6.04 Å². The van der Waals surface area contributed by atoms with Crippen LogP contribution < -0.4 is 5.32 Å². The molecule has 1 rings (SSSR count). The fourth-order valence-electron chi connectivity index (χ4n) is 2.55. The summed E-state index contributed by atoms with van der Waals surface area (Å²) in [7, 11) is 2.07. The standard InChI is InChI=1S/C17H29N/c1-6-8-14-9-7-10-15(13-14)11-12-16(18-5)17(2,3)4/h7,9-10,13,16,18H,6,8,11-12H2,1-5H3. The fraction of sp³-hybridized carbons (Fsp3) is 0.647. The van der Waals surface area contributed by atoms with Crippen molar-refractivity contribution in [2.24, 2.45) is 5.41 Å². The van der Waals surface area contributed by atoms with Crippen LogP contribution in [0.15, 0.2) is 24.3 Å². The van der Waals surface area contributed by atoms with Gasteiger partial charge in [-0.05, 0) is 42.9 Å². The second-order valence-electron chi connectivity index (χ2n) is 6.32. The van der Waals surface area contributed by atoms with Gasteiger partial charge in [0.1, 0.15) is 0 Å². The van der Waals surface area contributed by atoms with Crippen molar-refractivity contribution in [3.63, 3.8) is 0 Å². The first-order valence-corrected chi connectivity index (χ1v) is 7.22. The summed E-state index contributed by atoms with van der Waals surface area (Å²) in [5.41, 5.74) is 3.28. The maximum absolute atomic E-state index is 3.45. The van der Waals surface area contributed by atoms with Gasteiger partial charge in [0.25, 0.3) is 0 Å². The first kappa shape index (κ1) is 15.2. The normalized spacial score (nSPS) is 13.6. The summed E-state index contributed by atoms with van der Waals surface area (Å²) in [6.07, 6.45) is 4.79. The summed E-state index contributed by atoms with van der Waals surface area (Å²) in [6.45, 7) is 9.16. The van der Waals surface area contributed by atoms with Crippen molar-refractivity contribution in [3.05, 3.63) is 35.4 Å². The zero-order valence-corrected chi connectivity index (χ0v) is 12.7. The molecule has 1 nitrogen and oxygen atoms in total. The molecule has 1 unspecified atom stereocenters. The lowest BCUT2D eigenvalue weighted by Crippen LogP contribution is -2.38. The highest BCUT2D eigenvalue weighted by atomic mass is 14.9. The van der Waals surface area contributed by atoms with Gasteiger partial charge in [0.05, 0.1) is 0 Å². The molecule has 0 saturated heterocycles. The largest absolute Gasteiger partial charge is 0.316 e. The highest BCUT2D eigenvalue weighted by molar-refractivity contribution is 5.23. The molecule has 0 bridgehead atoms. The van der Waals surface area contributed by atoms with E-state index in [-0.39, 0.29) is 0 Å². The van der Waals surface area contributed by atoms with E-state index in [1.165, 1.54) is 36.8 Å². The summed E-state index contributed by atoms with van der Waals surface area (Å²) < 4.78 is 0. The lowest BCUT2D eigenvalue weighted by atomic mass is 9.83. The van der Waals surface area contributed by atoms with E-state index in [9.17, 15) is 0 Å². The Kier molecular flexibility index (Phi) is 5.87. The zero-order valence-electron chi connectivity index (χ0n) is 12.7. The number of rotatable bonds is 6. The molecular weight excluding hydrogens is 218 g/mol. The van der Waals surface area contributed by atoms with E-state index in [0.717, 1.165) is 0 Å². The van der Waals surface area contributed by atoms with Gasteiger partial charge < -0.3 is 5.32 Å². The van der Waals surface area contributed by atoms with Crippen LogP contribution in [0.4, 0.5) is 0 Å². The molecule has 0 aliphatic rings. The quantitative estimate of drug-likeness (QED) is 0.794. The molecular formula is C17H29N. The molecule has 18 heavy (non-hydrogen) atoms. The Balaban J connectivity index is 2.59. The van der Waals surface area contributed by atoms with E-state index >= 15 is 0 Å². The van der Waals surface area contributed by atoms with E-state index in [1.54, 1.807) is 0 Å². The van der Waals surface area contributed by atoms with Crippen molar-refractivity contribution in [1.29, 1.82) is 0 Å². The summed E-state index contributed by atoms with van der Waals surface area (Å²) in [6, 6.07) is 9.65. The third-order valence-corrected chi connectivity index (χ3v) is 3.65. The molecule has 0 fully saturated rings. The van der Waals surface area contributed by atoms with Crippen molar-refractivity contribution in [1.82, 2.24) is 5.32 Å². The minimum Gasteiger partial charge on any atom is -0.316 e. The van der Waals surface area contributed by atoms with E-state index in [1.807, 2.05) is 0 Å². The first-order chi connectivity index (χ1) is 8.47. The third-order valence-electron chi connectivity index (χ3n) is 3.65. The van der Waals surface area contributed by atoms with E-state index < -0.39 is 0 Å². The Labute approximate surface area is 113 Å². The van der Waals surface area contributed by atoms with Gasteiger partial charge in [-0.1, -0.05) is 58.4 Å². The predicted molar refractivity (Wildman–Crippen MR) is 81.1 cm³/mol. The Hall–Kier alpha value is -0.820. The van der Waals surface area contributed by atoms with Crippen LogP contribution in [0.1, 0.15) is 51.7 Å². The van der Waals surface area contributed by atoms with E-state index in [2.05, 4.69) is 64.3 Å². The van der Waals surface area contributed by atoms with Gasteiger partial charge in [-0.3, -0.25) is 0 Å². The van der Waals surface area contributed by atoms with Crippen molar-refractivity contribution >= 4 is 0 Å². The topological polar surface area (TPSA) is 12.0 Å². The van der Waals surface area contributed by atoms with E-state index in [4.69, 9.17) is 0 Å². The van der Waals surface area contributed by atoms with Crippen LogP contribution in [0.5, 0.6) is 0 Å². The van der Waals surface area contributed by atoms with Crippen LogP contribution in [-0.2, 0) is 12.8 Å². The molecule has 1 aromatic carbocycles. The minimum atomic E-state index is 0.329. The summed E-state index contributed by atoms with van der Waals surface area (Å²) >= 11 is 0. The number of hydrogen-bond acceptors (Lipinski definition) is 1. The summed E-state index contributed by atoms with van der Waals surface area (Å²) in [5, 5.41) is 3.45. The molecule has 0 aliphatic heterocycles. The molecule has 0 aromatic heterocycles. The van der Waals surface area contributed by atoms with Gasteiger partial charge >= 0.3 is 0 Å². The second-order valence-corrected chi connectivity index (χ2v) is 6.32. The van der Waals surface area contributed by atoms with Crippen molar-refractivity contribution in [2.75, 3.05) is 7.05 Å². The summed E-state index contributed by atoms with van der Waals surface area (Å²) in [5.74, 6) is 0. The Morgan fingerprint density at radius 2 is 1.72 bits per heavy atom. The van der Waals surface area contributed by atoms with Crippen molar-refractivity contribution in [2.45, 2.75) is 59.4 Å². The average molecular weight is 247 g/mol. The van der Waals surface area contributed by atoms with Gasteiger partial charge in [-0.15, -0.1) is 0 Å². The third kappa shape index (κ3) is 4.81. The molecule has 1 heteroatoms. The van der Waals surface area contributed by atoms with Crippen LogP contribution in [0.3, 0.4) is 0 Å². The summed E-state index contributed by atoms with van der Waals surface area (Å²) in [4.78, 5) is 0. The SMILES string of the molecule is CCCc1cccc(CCC(NC)C(C)(C)C)c1. The van der Waals surface area contributed by atoms with Crippen LogP contribution in [-0.4, -0.2) is 13.1 Å².